The molecular formula is C15H34N2. The summed E-state index contributed by atoms with van der Waals surface area (Å²) in [6.45, 7) is 18.4. The predicted octanol–water partition coefficient (Wildman–Crippen LogP) is 3.47. The minimum Gasteiger partial charge on any atom is -0.304 e. The molecule has 1 atom stereocenters. The molecule has 0 N–H and O–H groups in total. The van der Waals surface area contributed by atoms with Gasteiger partial charge >= 0.3 is 0 Å². The third-order valence-corrected chi connectivity index (χ3v) is 4.66. The molecule has 0 aromatic rings. The Bertz CT molecular complexity index is 168. The highest BCUT2D eigenvalue weighted by atomic mass is 15.2. The van der Waals surface area contributed by atoms with Crippen LogP contribution in [-0.4, -0.2) is 48.6 Å². The lowest BCUT2D eigenvalue weighted by atomic mass is 9.81. The molecule has 1 heterocycles. The van der Waals surface area contributed by atoms with Gasteiger partial charge in [-0.05, 0) is 65.8 Å². The molecular weight excluding hydrogens is 208 g/mol. The van der Waals surface area contributed by atoms with Gasteiger partial charge in [0.15, 0.2) is 0 Å². The molecule has 0 saturated carbocycles. The van der Waals surface area contributed by atoms with E-state index in [-0.39, 0.29) is 0 Å². The minimum absolute atomic E-state index is 0.429. The van der Waals surface area contributed by atoms with Gasteiger partial charge in [-0.3, -0.25) is 0 Å². The van der Waals surface area contributed by atoms with Gasteiger partial charge in [-0.1, -0.05) is 27.7 Å². The van der Waals surface area contributed by atoms with Gasteiger partial charge < -0.3 is 9.80 Å². The Morgan fingerprint density at radius 1 is 1.12 bits per heavy atom. The first-order chi connectivity index (χ1) is 7.89. The molecule has 2 nitrogen and oxygen atoms in total. The van der Waals surface area contributed by atoms with Gasteiger partial charge in [-0.15, -0.1) is 0 Å². The fourth-order valence-electron chi connectivity index (χ4n) is 2.32. The summed E-state index contributed by atoms with van der Waals surface area (Å²) in [5.74, 6) is 0.853. The van der Waals surface area contributed by atoms with E-state index in [0.717, 1.165) is 5.92 Å². The lowest BCUT2D eigenvalue weighted by Crippen LogP contribution is -2.49. The molecule has 17 heavy (non-hydrogen) atoms. The first kappa shape index (κ1) is 16.9. The summed E-state index contributed by atoms with van der Waals surface area (Å²) in [6.07, 6.45) is 2.78. The van der Waals surface area contributed by atoms with Gasteiger partial charge in [-0.25, -0.2) is 0 Å². The predicted molar refractivity (Wildman–Crippen MR) is 78.6 cm³/mol. The summed E-state index contributed by atoms with van der Waals surface area (Å²) in [6, 6.07) is 0. The molecule has 1 aliphatic rings. The van der Waals surface area contributed by atoms with Gasteiger partial charge in [-0.2, -0.15) is 0 Å². The molecule has 0 aromatic carbocycles. The van der Waals surface area contributed by atoms with Gasteiger partial charge in [0.05, 0.1) is 0 Å². The molecule has 0 amide bonds. The van der Waals surface area contributed by atoms with Crippen molar-refractivity contribution in [2.45, 2.75) is 59.9 Å². The Morgan fingerprint density at radius 2 is 1.59 bits per heavy atom. The maximum absolute atomic E-state index is 2.47. The van der Waals surface area contributed by atoms with E-state index < -0.39 is 0 Å². The van der Waals surface area contributed by atoms with Crippen LogP contribution in [0.15, 0.2) is 0 Å². The molecule has 0 aromatic heterocycles. The zero-order valence-corrected chi connectivity index (χ0v) is 13.2. The Hall–Kier alpha value is -0.0800. The molecule has 0 aliphatic carbocycles. The largest absolute Gasteiger partial charge is 0.304 e. The Labute approximate surface area is 109 Å². The normalized spacial score (nSPS) is 24.4. The van der Waals surface area contributed by atoms with Crippen LogP contribution in [0.4, 0.5) is 0 Å². The molecule has 1 fully saturated rings. The second-order valence-electron chi connectivity index (χ2n) is 5.74. The third kappa shape index (κ3) is 5.39. The minimum atomic E-state index is 0.429. The summed E-state index contributed by atoms with van der Waals surface area (Å²) in [5.41, 5.74) is 0.429. The molecule has 1 aliphatic heterocycles. The highest BCUT2D eigenvalue weighted by Gasteiger charge is 2.32. The van der Waals surface area contributed by atoms with E-state index in [1.807, 2.05) is 0 Å². The monoisotopic (exact) mass is 242 g/mol. The quantitative estimate of drug-likeness (QED) is 0.747. The maximum Gasteiger partial charge on any atom is 0.0175 e. The van der Waals surface area contributed by atoms with E-state index in [9.17, 15) is 0 Å². The van der Waals surface area contributed by atoms with Crippen LogP contribution in [0, 0.1) is 5.92 Å². The van der Waals surface area contributed by atoms with Crippen molar-refractivity contribution in [2.24, 2.45) is 5.92 Å². The number of hydrogen-bond acceptors (Lipinski definition) is 2. The summed E-state index contributed by atoms with van der Waals surface area (Å²) < 4.78 is 0. The van der Waals surface area contributed by atoms with E-state index >= 15 is 0 Å². The summed E-state index contributed by atoms with van der Waals surface area (Å²) >= 11 is 0. The highest BCUT2D eigenvalue weighted by Crippen LogP contribution is 2.30. The van der Waals surface area contributed by atoms with Gasteiger partial charge in [0.25, 0.3) is 0 Å². The van der Waals surface area contributed by atoms with E-state index in [4.69, 9.17) is 0 Å². The van der Waals surface area contributed by atoms with E-state index in [1.165, 1.54) is 39.0 Å². The number of rotatable bonds is 3. The van der Waals surface area contributed by atoms with Crippen LogP contribution < -0.4 is 0 Å². The molecule has 0 spiro atoms. The van der Waals surface area contributed by atoms with Crippen molar-refractivity contribution in [1.82, 2.24) is 9.80 Å². The SMILES string of the molecule is CC1CCCN(C)C1(C)C.CCN(CC)CC. The lowest BCUT2D eigenvalue weighted by Gasteiger charge is -2.44. The zero-order valence-electron chi connectivity index (χ0n) is 13.2. The average Bonchev–Trinajstić information content (AvgIpc) is 2.30. The molecule has 1 unspecified atom stereocenters. The highest BCUT2D eigenvalue weighted by molar-refractivity contribution is 4.88. The average molecular weight is 242 g/mol. The fraction of sp³-hybridized carbons (Fsp3) is 1.00. The number of likely N-dealkylation sites (tertiary alicyclic amines) is 1. The van der Waals surface area contributed by atoms with E-state index in [2.05, 4.69) is 58.4 Å². The summed E-state index contributed by atoms with van der Waals surface area (Å²) in [5, 5.41) is 0. The van der Waals surface area contributed by atoms with Crippen molar-refractivity contribution >= 4 is 0 Å². The van der Waals surface area contributed by atoms with Crippen molar-refractivity contribution in [1.29, 1.82) is 0 Å². The molecule has 2 heteroatoms. The third-order valence-electron chi connectivity index (χ3n) is 4.66. The number of hydrogen-bond donors (Lipinski definition) is 0. The van der Waals surface area contributed by atoms with Gasteiger partial charge in [0, 0.05) is 5.54 Å². The second-order valence-corrected chi connectivity index (χ2v) is 5.74. The molecule has 1 saturated heterocycles. The zero-order chi connectivity index (χ0) is 13.5. The first-order valence-corrected chi connectivity index (χ1v) is 7.33. The summed E-state index contributed by atoms with van der Waals surface area (Å²) in [7, 11) is 2.23. The summed E-state index contributed by atoms with van der Waals surface area (Å²) in [4.78, 5) is 4.85. The molecule has 104 valence electrons. The van der Waals surface area contributed by atoms with Crippen molar-refractivity contribution in [3.05, 3.63) is 0 Å². The number of piperidine rings is 1. The van der Waals surface area contributed by atoms with Crippen LogP contribution in [0.2, 0.25) is 0 Å². The maximum atomic E-state index is 2.47. The van der Waals surface area contributed by atoms with Crippen LogP contribution >= 0.6 is 0 Å². The number of nitrogens with zero attached hydrogens (tertiary/aromatic N) is 2. The Balaban J connectivity index is 0.000000325. The van der Waals surface area contributed by atoms with Crippen LogP contribution in [0.3, 0.4) is 0 Å². The van der Waals surface area contributed by atoms with Gasteiger partial charge in [0.2, 0.25) is 0 Å². The van der Waals surface area contributed by atoms with Crippen LogP contribution in [-0.2, 0) is 0 Å². The van der Waals surface area contributed by atoms with Gasteiger partial charge in [0.1, 0.15) is 0 Å². The second kappa shape index (κ2) is 8.10. The lowest BCUT2D eigenvalue weighted by molar-refractivity contribution is 0.0547. The van der Waals surface area contributed by atoms with Crippen LogP contribution in [0.1, 0.15) is 54.4 Å². The van der Waals surface area contributed by atoms with Crippen molar-refractivity contribution < 1.29 is 0 Å². The van der Waals surface area contributed by atoms with E-state index in [0.29, 0.717) is 5.54 Å². The Kier molecular flexibility index (Phi) is 8.06. The smallest absolute Gasteiger partial charge is 0.0175 e. The van der Waals surface area contributed by atoms with Crippen molar-refractivity contribution in [3.8, 4) is 0 Å². The Morgan fingerprint density at radius 3 is 1.82 bits per heavy atom. The van der Waals surface area contributed by atoms with Crippen molar-refractivity contribution in [2.75, 3.05) is 33.2 Å². The molecule has 0 radical (unpaired) electrons. The van der Waals surface area contributed by atoms with Crippen molar-refractivity contribution in [3.63, 3.8) is 0 Å². The fourth-order valence-corrected chi connectivity index (χ4v) is 2.32. The first-order valence-electron chi connectivity index (χ1n) is 7.33. The van der Waals surface area contributed by atoms with Crippen LogP contribution in [0.25, 0.3) is 0 Å². The van der Waals surface area contributed by atoms with Crippen LogP contribution in [0.5, 0.6) is 0 Å². The topological polar surface area (TPSA) is 6.48 Å². The molecule has 1 rings (SSSR count). The standard InChI is InChI=1S/C9H19N.C6H15N/c1-8-6-5-7-10(4)9(8,2)3;1-4-7(5-2)6-3/h8H,5-7H2,1-4H3;4-6H2,1-3H3. The molecule has 0 bridgehead atoms. The van der Waals surface area contributed by atoms with E-state index in [1.54, 1.807) is 0 Å².